The van der Waals surface area contributed by atoms with Crippen LogP contribution in [0.1, 0.15) is 12.5 Å². The zero-order valence-electron chi connectivity index (χ0n) is 12.1. The minimum atomic E-state index is -0.504. The third kappa shape index (κ3) is 4.85. The van der Waals surface area contributed by atoms with Crippen molar-refractivity contribution >= 4 is 23.1 Å². The number of nitrogens with one attached hydrogen (secondary N) is 2. The van der Waals surface area contributed by atoms with Gasteiger partial charge in [0.25, 0.3) is 0 Å². The van der Waals surface area contributed by atoms with Gasteiger partial charge in [0.15, 0.2) is 0 Å². The van der Waals surface area contributed by atoms with E-state index in [1.807, 2.05) is 18.4 Å². The van der Waals surface area contributed by atoms with Gasteiger partial charge < -0.3 is 10.6 Å². The number of amides is 2. The minimum Gasteiger partial charge on any atom is -0.336 e. The van der Waals surface area contributed by atoms with Crippen LogP contribution in [0.5, 0.6) is 0 Å². The molecule has 8 nitrogen and oxygen atoms in total. The van der Waals surface area contributed by atoms with Gasteiger partial charge in [0.2, 0.25) is 0 Å². The third-order valence-electron chi connectivity index (χ3n) is 2.96. The number of carbonyl (C=O) groups is 1. The number of hydrogen-bond donors (Lipinski definition) is 2. The summed E-state index contributed by atoms with van der Waals surface area (Å²) in [5.41, 5.74) is 1.13. The van der Waals surface area contributed by atoms with Crippen molar-refractivity contribution in [2.75, 3.05) is 6.54 Å². The first-order valence-electron chi connectivity index (χ1n) is 6.77. The molecule has 0 spiro atoms. The summed E-state index contributed by atoms with van der Waals surface area (Å²) >= 11 is 1.63. The van der Waals surface area contributed by atoms with Crippen LogP contribution in [0, 0.1) is 10.1 Å². The van der Waals surface area contributed by atoms with Gasteiger partial charge in [0.1, 0.15) is 12.4 Å². The van der Waals surface area contributed by atoms with Gasteiger partial charge in [-0.2, -0.15) is 16.4 Å². The number of aromatic nitrogens is 2. The minimum absolute atomic E-state index is 0.0281. The molecule has 2 aromatic rings. The molecule has 2 amide bonds. The van der Waals surface area contributed by atoms with E-state index >= 15 is 0 Å². The van der Waals surface area contributed by atoms with E-state index in [0.717, 1.165) is 6.42 Å². The van der Waals surface area contributed by atoms with Crippen LogP contribution >= 0.6 is 11.3 Å². The fraction of sp³-hybridized carbons (Fsp3) is 0.385. The van der Waals surface area contributed by atoms with Crippen molar-refractivity contribution in [3.8, 4) is 0 Å². The summed E-state index contributed by atoms with van der Waals surface area (Å²) in [6.07, 6.45) is 3.30. The molecule has 0 aliphatic rings. The van der Waals surface area contributed by atoms with Crippen molar-refractivity contribution in [1.29, 1.82) is 0 Å². The van der Waals surface area contributed by atoms with Crippen LogP contribution in [-0.4, -0.2) is 33.3 Å². The second-order valence-corrected chi connectivity index (χ2v) is 5.64. The lowest BCUT2D eigenvalue weighted by Crippen LogP contribution is -2.42. The number of nitro groups is 1. The summed E-state index contributed by atoms with van der Waals surface area (Å²) < 4.78 is 1.42. The summed E-state index contributed by atoms with van der Waals surface area (Å²) in [7, 11) is 0. The first kappa shape index (κ1) is 16.0. The molecule has 0 aliphatic carbocycles. The highest BCUT2D eigenvalue weighted by atomic mass is 32.1. The smallest absolute Gasteiger partial charge is 0.315 e. The van der Waals surface area contributed by atoms with Crippen LogP contribution < -0.4 is 10.6 Å². The Labute approximate surface area is 131 Å². The zero-order chi connectivity index (χ0) is 15.9. The molecule has 2 heterocycles. The molecular weight excluding hydrogens is 306 g/mol. The number of urea groups is 1. The number of hydrogen-bond acceptors (Lipinski definition) is 5. The van der Waals surface area contributed by atoms with Crippen LogP contribution in [0.4, 0.5) is 10.5 Å². The van der Waals surface area contributed by atoms with E-state index in [2.05, 4.69) is 21.1 Å². The second kappa shape index (κ2) is 7.55. The predicted molar refractivity (Wildman–Crippen MR) is 82.9 cm³/mol. The first-order chi connectivity index (χ1) is 10.5. The molecule has 2 rings (SSSR count). The van der Waals surface area contributed by atoms with Crippen LogP contribution in [0.3, 0.4) is 0 Å². The molecular formula is C13H17N5O3S. The summed E-state index contributed by atoms with van der Waals surface area (Å²) in [5.74, 6) is 0. The van der Waals surface area contributed by atoms with Crippen molar-refractivity contribution in [2.45, 2.75) is 25.9 Å². The summed E-state index contributed by atoms with van der Waals surface area (Å²) in [6, 6.07) is 1.80. The SMILES string of the molecule is C[C@@H](Cc1ccsc1)NC(=O)NCCn1cc([N+](=O)[O-])cn1. The summed E-state index contributed by atoms with van der Waals surface area (Å²) in [4.78, 5) is 21.7. The Balaban J connectivity index is 1.67. The molecule has 9 heteroatoms. The molecule has 0 saturated heterocycles. The normalized spacial score (nSPS) is 11.9. The van der Waals surface area contributed by atoms with E-state index in [1.165, 1.54) is 22.6 Å². The maximum absolute atomic E-state index is 11.7. The number of thiophene rings is 1. The maximum atomic E-state index is 11.7. The van der Waals surface area contributed by atoms with Gasteiger partial charge in [-0.3, -0.25) is 14.8 Å². The molecule has 0 bridgehead atoms. The molecule has 118 valence electrons. The Kier molecular flexibility index (Phi) is 5.48. The van der Waals surface area contributed by atoms with Crippen molar-refractivity contribution < 1.29 is 9.72 Å². The first-order valence-corrected chi connectivity index (χ1v) is 7.71. The van der Waals surface area contributed by atoms with E-state index in [4.69, 9.17) is 0 Å². The monoisotopic (exact) mass is 323 g/mol. The largest absolute Gasteiger partial charge is 0.336 e. The fourth-order valence-corrected chi connectivity index (χ4v) is 2.62. The number of rotatable bonds is 7. The molecule has 1 atom stereocenters. The highest BCUT2D eigenvalue weighted by Gasteiger charge is 2.10. The Morgan fingerprint density at radius 3 is 3.05 bits per heavy atom. The quantitative estimate of drug-likeness (QED) is 0.599. The predicted octanol–water partition coefficient (Wildman–Crippen LogP) is 1.78. The molecule has 2 aromatic heterocycles. The Hall–Kier alpha value is -2.42. The highest BCUT2D eigenvalue weighted by molar-refractivity contribution is 7.07. The lowest BCUT2D eigenvalue weighted by Gasteiger charge is -2.14. The van der Waals surface area contributed by atoms with Gasteiger partial charge in [-0.25, -0.2) is 4.79 Å². The molecule has 0 saturated carbocycles. The van der Waals surface area contributed by atoms with Crippen molar-refractivity contribution in [2.24, 2.45) is 0 Å². The van der Waals surface area contributed by atoms with Gasteiger partial charge in [0, 0.05) is 12.6 Å². The van der Waals surface area contributed by atoms with Crippen molar-refractivity contribution in [1.82, 2.24) is 20.4 Å². The second-order valence-electron chi connectivity index (χ2n) is 4.86. The average molecular weight is 323 g/mol. The fourth-order valence-electron chi connectivity index (χ4n) is 1.94. The zero-order valence-corrected chi connectivity index (χ0v) is 12.9. The molecule has 0 aromatic carbocycles. The molecule has 0 fully saturated rings. The van der Waals surface area contributed by atoms with Gasteiger partial charge in [0.05, 0.1) is 11.5 Å². The lowest BCUT2D eigenvalue weighted by atomic mass is 10.1. The average Bonchev–Trinajstić information content (AvgIpc) is 3.09. The van der Waals surface area contributed by atoms with Gasteiger partial charge >= 0.3 is 11.7 Å². The van der Waals surface area contributed by atoms with Crippen molar-refractivity contribution in [3.63, 3.8) is 0 Å². The Morgan fingerprint density at radius 1 is 1.59 bits per heavy atom. The van der Waals surface area contributed by atoms with Crippen LogP contribution in [0.25, 0.3) is 0 Å². The highest BCUT2D eigenvalue weighted by Crippen LogP contribution is 2.08. The van der Waals surface area contributed by atoms with E-state index in [0.29, 0.717) is 13.1 Å². The molecule has 0 radical (unpaired) electrons. The van der Waals surface area contributed by atoms with Gasteiger partial charge in [-0.15, -0.1) is 0 Å². The summed E-state index contributed by atoms with van der Waals surface area (Å²) in [5, 5.41) is 24.0. The van der Waals surface area contributed by atoms with Gasteiger partial charge in [-0.1, -0.05) is 0 Å². The molecule has 22 heavy (non-hydrogen) atoms. The van der Waals surface area contributed by atoms with E-state index in [-0.39, 0.29) is 17.8 Å². The summed E-state index contributed by atoms with van der Waals surface area (Å²) in [6.45, 7) is 2.66. The number of nitrogens with zero attached hydrogens (tertiary/aromatic N) is 3. The van der Waals surface area contributed by atoms with E-state index < -0.39 is 4.92 Å². The van der Waals surface area contributed by atoms with Crippen LogP contribution in [-0.2, 0) is 13.0 Å². The van der Waals surface area contributed by atoms with Crippen molar-refractivity contribution in [3.05, 3.63) is 44.9 Å². The standard InChI is InChI=1S/C13H17N5O3S/c1-10(6-11-2-5-22-9-11)16-13(19)14-3-4-17-8-12(7-15-17)18(20)21/h2,5,7-10H,3-4,6H2,1H3,(H2,14,16,19)/t10-/m0/s1. The van der Waals surface area contributed by atoms with Crippen LogP contribution in [0.15, 0.2) is 29.2 Å². The number of carbonyl (C=O) groups excluding carboxylic acids is 1. The topological polar surface area (TPSA) is 102 Å². The van der Waals surface area contributed by atoms with E-state index in [9.17, 15) is 14.9 Å². The Morgan fingerprint density at radius 2 is 2.41 bits per heavy atom. The molecule has 0 unspecified atom stereocenters. The Bertz CT molecular complexity index is 625. The van der Waals surface area contributed by atoms with Gasteiger partial charge in [-0.05, 0) is 35.7 Å². The molecule has 0 aliphatic heterocycles. The van der Waals surface area contributed by atoms with Crippen LogP contribution in [0.2, 0.25) is 0 Å². The maximum Gasteiger partial charge on any atom is 0.315 e. The lowest BCUT2D eigenvalue weighted by molar-refractivity contribution is -0.385. The molecule has 2 N–H and O–H groups in total. The third-order valence-corrected chi connectivity index (χ3v) is 3.69. The van der Waals surface area contributed by atoms with E-state index in [1.54, 1.807) is 11.3 Å².